The first-order valence-corrected chi connectivity index (χ1v) is 5.51. The van der Waals surface area contributed by atoms with E-state index in [2.05, 4.69) is 20.4 Å². The van der Waals surface area contributed by atoms with Gasteiger partial charge in [0, 0.05) is 26.1 Å². The Bertz CT molecular complexity index is 343. The van der Waals surface area contributed by atoms with E-state index < -0.39 is 6.17 Å². The summed E-state index contributed by atoms with van der Waals surface area (Å²) < 4.78 is 18.2. The van der Waals surface area contributed by atoms with E-state index in [4.69, 9.17) is 4.52 Å². The highest BCUT2D eigenvalue weighted by Gasteiger charge is 2.32. The highest BCUT2D eigenvalue weighted by atomic mass is 19.1. The first-order chi connectivity index (χ1) is 7.69. The minimum absolute atomic E-state index is 0.221. The van der Waals surface area contributed by atoms with Crippen molar-refractivity contribution in [3.05, 3.63) is 11.7 Å². The summed E-state index contributed by atoms with van der Waals surface area (Å²) in [4.78, 5) is 6.19. The molecule has 0 amide bonds. The van der Waals surface area contributed by atoms with Gasteiger partial charge in [0.1, 0.15) is 6.17 Å². The third-order valence-electron chi connectivity index (χ3n) is 2.83. The summed E-state index contributed by atoms with van der Waals surface area (Å²) in [6, 6.07) is 0.221. The SMILES string of the molecule is CNC[C@@H]1C[C@H](F)CN1Cc1noc(C)n1. The third kappa shape index (κ3) is 2.56. The molecule has 0 aromatic carbocycles. The zero-order valence-corrected chi connectivity index (χ0v) is 9.61. The molecule has 2 atom stereocenters. The van der Waals surface area contributed by atoms with Crippen molar-refractivity contribution in [2.45, 2.75) is 32.1 Å². The topological polar surface area (TPSA) is 54.2 Å². The second-order valence-corrected chi connectivity index (χ2v) is 4.20. The van der Waals surface area contributed by atoms with Crippen molar-refractivity contribution < 1.29 is 8.91 Å². The predicted molar refractivity (Wildman–Crippen MR) is 56.7 cm³/mol. The van der Waals surface area contributed by atoms with Crippen molar-refractivity contribution in [3.63, 3.8) is 0 Å². The van der Waals surface area contributed by atoms with E-state index in [0.717, 1.165) is 6.54 Å². The first-order valence-electron chi connectivity index (χ1n) is 5.51. The number of aromatic nitrogens is 2. The van der Waals surface area contributed by atoms with Gasteiger partial charge in [0.05, 0.1) is 6.54 Å². The van der Waals surface area contributed by atoms with Crippen LogP contribution in [-0.4, -0.2) is 47.4 Å². The highest BCUT2D eigenvalue weighted by Crippen LogP contribution is 2.21. The van der Waals surface area contributed by atoms with E-state index in [1.807, 2.05) is 7.05 Å². The molecule has 1 aliphatic rings. The number of halogens is 1. The van der Waals surface area contributed by atoms with Gasteiger partial charge in [-0.1, -0.05) is 5.16 Å². The zero-order valence-electron chi connectivity index (χ0n) is 9.61. The van der Waals surface area contributed by atoms with Crippen LogP contribution in [0.4, 0.5) is 4.39 Å². The smallest absolute Gasteiger partial charge is 0.223 e. The molecule has 1 saturated heterocycles. The molecule has 1 aromatic rings. The molecule has 1 aliphatic heterocycles. The number of hydrogen-bond donors (Lipinski definition) is 1. The Balaban J connectivity index is 1.97. The van der Waals surface area contributed by atoms with E-state index in [0.29, 0.717) is 31.2 Å². The van der Waals surface area contributed by atoms with Crippen LogP contribution >= 0.6 is 0 Å². The van der Waals surface area contributed by atoms with Crippen LogP contribution in [0.5, 0.6) is 0 Å². The summed E-state index contributed by atoms with van der Waals surface area (Å²) in [6.07, 6.45) is -0.163. The van der Waals surface area contributed by atoms with Gasteiger partial charge in [-0.15, -0.1) is 0 Å². The number of rotatable bonds is 4. The largest absolute Gasteiger partial charge is 0.340 e. The molecule has 0 bridgehead atoms. The van der Waals surface area contributed by atoms with Crippen LogP contribution in [0.2, 0.25) is 0 Å². The predicted octanol–water partition coefficient (Wildman–Crippen LogP) is 0.510. The van der Waals surface area contributed by atoms with E-state index in [9.17, 15) is 4.39 Å². The van der Waals surface area contributed by atoms with Crippen molar-refractivity contribution in [3.8, 4) is 0 Å². The quantitative estimate of drug-likeness (QED) is 0.813. The van der Waals surface area contributed by atoms with Crippen LogP contribution in [0.1, 0.15) is 18.1 Å². The number of aryl methyl sites for hydroxylation is 1. The minimum atomic E-state index is -0.744. The summed E-state index contributed by atoms with van der Waals surface area (Å²) in [5, 5.41) is 6.91. The van der Waals surface area contributed by atoms with Crippen molar-refractivity contribution >= 4 is 0 Å². The van der Waals surface area contributed by atoms with Crippen molar-refractivity contribution in [1.82, 2.24) is 20.4 Å². The maximum absolute atomic E-state index is 13.3. The fourth-order valence-corrected chi connectivity index (χ4v) is 2.15. The Hall–Kier alpha value is -1.01. The van der Waals surface area contributed by atoms with Gasteiger partial charge in [-0.05, 0) is 13.5 Å². The fourth-order valence-electron chi connectivity index (χ4n) is 2.15. The molecular weight excluding hydrogens is 211 g/mol. The van der Waals surface area contributed by atoms with Crippen LogP contribution in [0.3, 0.4) is 0 Å². The van der Waals surface area contributed by atoms with Gasteiger partial charge < -0.3 is 9.84 Å². The lowest BCUT2D eigenvalue weighted by atomic mass is 10.2. The molecule has 2 heterocycles. The van der Waals surface area contributed by atoms with Crippen LogP contribution in [0.25, 0.3) is 0 Å². The molecule has 0 unspecified atom stereocenters. The Morgan fingerprint density at radius 2 is 2.44 bits per heavy atom. The molecule has 1 fully saturated rings. The van der Waals surface area contributed by atoms with Crippen LogP contribution in [0, 0.1) is 6.92 Å². The monoisotopic (exact) mass is 228 g/mol. The molecule has 0 spiro atoms. The van der Waals surface area contributed by atoms with Gasteiger partial charge >= 0.3 is 0 Å². The lowest BCUT2D eigenvalue weighted by Crippen LogP contribution is -2.36. The number of nitrogens with zero attached hydrogens (tertiary/aromatic N) is 3. The summed E-state index contributed by atoms with van der Waals surface area (Å²) >= 11 is 0. The molecule has 90 valence electrons. The molecule has 1 N–H and O–H groups in total. The van der Waals surface area contributed by atoms with Gasteiger partial charge in [0.25, 0.3) is 0 Å². The summed E-state index contributed by atoms with van der Waals surface area (Å²) in [7, 11) is 1.88. The van der Waals surface area contributed by atoms with Gasteiger partial charge in [-0.25, -0.2) is 4.39 Å². The molecule has 6 heteroatoms. The van der Waals surface area contributed by atoms with E-state index in [1.54, 1.807) is 6.92 Å². The second kappa shape index (κ2) is 4.88. The number of alkyl halides is 1. The van der Waals surface area contributed by atoms with Crippen LogP contribution < -0.4 is 5.32 Å². The van der Waals surface area contributed by atoms with Crippen molar-refractivity contribution in [1.29, 1.82) is 0 Å². The first kappa shape index (κ1) is 11.5. The van der Waals surface area contributed by atoms with Gasteiger partial charge in [0.15, 0.2) is 5.82 Å². The Morgan fingerprint density at radius 1 is 1.62 bits per heavy atom. The normalized spacial score (nSPS) is 26.4. The number of likely N-dealkylation sites (tertiary alicyclic amines) is 1. The molecular formula is C10H17FN4O. The van der Waals surface area contributed by atoms with Gasteiger partial charge in [-0.2, -0.15) is 4.98 Å². The standard InChI is InChI=1S/C10H17FN4O/c1-7-13-10(14-16-7)6-15-5-8(11)3-9(15)4-12-2/h8-9,12H,3-6H2,1-2H3/t8-,9-/m0/s1. The maximum Gasteiger partial charge on any atom is 0.223 e. The number of likely N-dealkylation sites (N-methyl/N-ethyl adjacent to an activating group) is 1. The van der Waals surface area contributed by atoms with Crippen LogP contribution in [-0.2, 0) is 6.54 Å². The zero-order chi connectivity index (χ0) is 11.5. The lowest BCUT2D eigenvalue weighted by molar-refractivity contribution is 0.224. The van der Waals surface area contributed by atoms with Crippen molar-refractivity contribution in [2.24, 2.45) is 0 Å². The van der Waals surface area contributed by atoms with E-state index in [1.165, 1.54) is 0 Å². The lowest BCUT2D eigenvalue weighted by Gasteiger charge is -2.21. The summed E-state index contributed by atoms with van der Waals surface area (Å²) in [6.45, 7) is 3.56. The average molecular weight is 228 g/mol. The third-order valence-corrected chi connectivity index (χ3v) is 2.83. The average Bonchev–Trinajstić information content (AvgIpc) is 2.76. The maximum atomic E-state index is 13.3. The Kier molecular flexibility index (Phi) is 3.50. The molecule has 16 heavy (non-hydrogen) atoms. The molecule has 0 radical (unpaired) electrons. The second-order valence-electron chi connectivity index (χ2n) is 4.20. The van der Waals surface area contributed by atoms with Crippen LogP contribution in [0.15, 0.2) is 4.52 Å². The highest BCUT2D eigenvalue weighted by molar-refractivity contribution is 4.91. The Labute approximate surface area is 94.0 Å². The fraction of sp³-hybridized carbons (Fsp3) is 0.800. The molecule has 0 aliphatic carbocycles. The number of hydrogen-bond acceptors (Lipinski definition) is 5. The molecule has 0 saturated carbocycles. The summed E-state index contributed by atoms with van der Waals surface area (Å²) in [5.41, 5.74) is 0. The van der Waals surface area contributed by atoms with Gasteiger partial charge in [0.2, 0.25) is 5.89 Å². The van der Waals surface area contributed by atoms with E-state index in [-0.39, 0.29) is 6.04 Å². The van der Waals surface area contributed by atoms with E-state index >= 15 is 0 Å². The van der Waals surface area contributed by atoms with Crippen molar-refractivity contribution in [2.75, 3.05) is 20.1 Å². The molecule has 2 rings (SSSR count). The molecule has 5 nitrogen and oxygen atoms in total. The number of nitrogens with one attached hydrogen (secondary N) is 1. The molecule has 1 aromatic heterocycles. The summed E-state index contributed by atoms with van der Waals surface area (Å²) in [5.74, 6) is 1.18. The minimum Gasteiger partial charge on any atom is -0.340 e. The Morgan fingerprint density at radius 3 is 3.06 bits per heavy atom. The van der Waals surface area contributed by atoms with Gasteiger partial charge in [-0.3, -0.25) is 4.90 Å².